The number of sulfonamides is 1. The van der Waals surface area contributed by atoms with Crippen molar-refractivity contribution in [3.63, 3.8) is 0 Å². The average Bonchev–Trinajstić information content (AvgIpc) is 3.23. The molecule has 1 heterocycles. The van der Waals surface area contributed by atoms with Crippen LogP contribution in [-0.2, 0) is 16.6 Å². The number of anilines is 1. The second kappa shape index (κ2) is 9.93. The number of hydrogen-bond acceptors (Lipinski definition) is 6. The number of ether oxygens (including phenoxy) is 2. The molecule has 1 amide bonds. The molecule has 0 spiro atoms. The number of carbonyl (C=O) groups is 1. The van der Waals surface area contributed by atoms with Crippen molar-refractivity contribution in [1.82, 2.24) is 4.57 Å². The molecule has 0 aliphatic carbocycles. The van der Waals surface area contributed by atoms with E-state index in [1.54, 1.807) is 37.4 Å². The van der Waals surface area contributed by atoms with Gasteiger partial charge in [0.1, 0.15) is 17.0 Å². The minimum absolute atomic E-state index is 0.0818. The Kier molecular flexibility index (Phi) is 6.95. The normalized spacial score (nSPS) is 12.1. The standard InChI is InChI=1S/C25H25N3O5S2/c1-5-28-22-21(33-4)14-9-16(2)23(22)34-25(28)26-24(29)17-7-6-8-18(15-17)27-35(30,31)20-12-10-19(32-3)11-13-20/h6-15,27H,5H2,1-4H3. The molecule has 0 aliphatic rings. The number of benzene rings is 3. The summed E-state index contributed by atoms with van der Waals surface area (Å²) in [6.45, 7) is 4.59. The van der Waals surface area contributed by atoms with Crippen molar-refractivity contribution in [3.05, 3.63) is 76.6 Å². The minimum atomic E-state index is -3.84. The van der Waals surface area contributed by atoms with Crippen molar-refractivity contribution >= 4 is 43.2 Å². The molecular weight excluding hydrogens is 486 g/mol. The second-order valence-electron chi connectivity index (χ2n) is 7.67. The Bertz CT molecular complexity index is 1570. The zero-order chi connectivity index (χ0) is 25.2. The van der Waals surface area contributed by atoms with E-state index in [9.17, 15) is 13.2 Å². The van der Waals surface area contributed by atoms with Gasteiger partial charge in [0.05, 0.1) is 23.8 Å². The van der Waals surface area contributed by atoms with Gasteiger partial charge in [-0.05, 0) is 67.9 Å². The summed E-state index contributed by atoms with van der Waals surface area (Å²) in [6.07, 6.45) is 0. The van der Waals surface area contributed by atoms with E-state index in [-0.39, 0.29) is 16.1 Å². The van der Waals surface area contributed by atoms with Crippen LogP contribution in [-0.4, -0.2) is 33.1 Å². The summed E-state index contributed by atoms with van der Waals surface area (Å²) in [6, 6.07) is 16.2. The number of thiazole rings is 1. The second-order valence-corrected chi connectivity index (χ2v) is 10.3. The maximum absolute atomic E-state index is 13.1. The molecule has 0 fully saturated rings. The first kappa shape index (κ1) is 24.5. The molecule has 35 heavy (non-hydrogen) atoms. The molecule has 0 saturated carbocycles. The van der Waals surface area contributed by atoms with E-state index in [1.165, 1.54) is 36.6 Å². The topological polar surface area (TPSA) is 99.0 Å². The Morgan fingerprint density at radius 1 is 1.06 bits per heavy atom. The van der Waals surface area contributed by atoms with Gasteiger partial charge in [-0.1, -0.05) is 23.5 Å². The van der Waals surface area contributed by atoms with E-state index < -0.39 is 15.9 Å². The Balaban J connectivity index is 1.68. The van der Waals surface area contributed by atoms with Gasteiger partial charge in [0.2, 0.25) is 0 Å². The van der Waals surface area contributed by atoms with Crippen LogP contribution in [0.15, 0.2) is 70.6 Å². The molecule has 0 radical (unpaired) electrons. The van der Waals surface area contributed by atoms with Gasteiger partial charge in [0.15, 0.2) is 4.80 Å². The van der Waals surface area contributed by atoms with Gasteiger partial charge in [-0.15, -0.1) is 0 Å². The van der Waals surface area contributed by atoms with Crippen molar-refractivity contribution < 1.29 is 22.7 Å². The molecule has 182 valence electrons. The van der Waals surface area contributed by atoms with Gasteiger partial charge in [-0.3, -0.25) is 9.52 Å². The van der Waals surface area contributed by atoms with Crippen molar-refractivity contribution in [1.29, 1.82) is 0 Å². The van der Waals surface area contributed by atoms with Crippen LogP contribution in [0.5, 0.6) is 11.5 Å². The van der Waals surface area contributed by atoms with E-state index in [0.29, 0.717) is 22.8 Å². The van der Waals surface area contributed by atoms with Crippen LogP contribution in [0.3, 0.4) is 0 Å². The third-order valence-electron chi connectivity index (χ3n) is 5.45. The number of carbonyl (C=O) groups excluding carboxylic acids is 1. The fourth-order valence-corrected chi connectivity index (χ4v) is 5.89. The first-order valence-electron chi connectivity index (χ1n) is 10.8. The van der Waals surface area contributed by atoms with Crippen molar-refractivity contribution in [2.75, 3.05) is 18.9 Å². The molecule has 0 aliphatic heterocycles. The minimum Gasteiger partial charge on any atom is -0.497 e. The van der Waals surface area contributed by atoms with Crippen LogP contribution < -0.4 is 19.0 Å². The van der Waals surface area contributed by atoms with Gasteiger partial charge in [0.25, 0.3) is 15.9 Å². The lowest BCUT2D eigenvalue weighted by molar-refractivity contribution is 0.0998. The largest absolute Gasteiger partial charge is 0.497 e. The molecular formula is C25H25N3O5S2. The first-order chi connectivity index (χ1) is 16.8. The molecule has 0 atom stereocenters. The zero-order valence-corrected chi connectivity index (χ0v) is 21.4. The summed E-state index contributed by atoms with van der Waals surface area (Å²) < 4.78 is 41.6. The molecule has 8 nitrogen and oxygen atoms in total. The van der Waals surface area contributed by atoms with Crippen LogP contribution in [0.25, 0.3) is 10.2 Å². The maximum atomic E-state index is 13.1. The van der Waals surface area contributed by atoms with E-state index in [4.69, 9.17) is 9.47 Å². The summed E-state index contributed by atoms with van der Waals surface area (Å²) in [5.74, 6) is 0.796. The first-order valence-corrected chi connectivity index (χ1v) is 13.1. The van der Waals surface area contributed by atoms with Crippen LogP contribution in [0, 0.1) is 6.92 Å². The van der Waals surface area contributed by atoms with Crippen molar-refractivity contribution in [3.8, 4) is 11.5 Å². The number of methoxy groups -OCH3 is 2. The van der Waals surface area contributed by atoms with E-state index in [0.717, 1.165) is 15.8 Å². The zero-order valence-electron chi connectivity index (χ0n) is 19.7. The smallest absolute Gasteiger partial charge is 0.279 e. The molecule has 4 aromatic rings. The number of aromatic nitrogens is 1. The predicted octanol–water partition coefficient (Wildman–Crippen LogP) is 4.59. The van der Waals surface area contributed by atoms with Gasteiger partial charge in [-0.2, -0.15) is 4.99 Å². The molecule has 0 unspecified atom stereocenters. The number of aryl methyl sites for hydroxylation is 2. The highest BCUT2D eigenvalue weighted by molar-refractivity contribution is 7.92. The number of fused-ring (bicyclic) bond motifs is 1. The fraction of sp³-hybridized carbons (Fsp3) is 0.200. The maximum Gasteiger partial charge on any atom is 0.279 e. The van der Waals surface area contributed by atoms with Crippen LogP contribution in [0.4, 0.5) is 5.69 Å². The lowest BCUT2D eigenvalue weighted by Crippen LogP contribution is -2.16. The molecule has 1 N–H and O–H groups in total. The SMILES string of the molecule is CCn1c(=NC(=O)c2cccc(NS(=O)(=O)c3ccc(OC)cc3)c2)sc2c(C)ccc(OC)c21. The summed E-state index contributed by atoms with van der Waals surface area (Å²) >= 11 is 1.42. The lowest BCUT2D eigenvalue weighted by atomic mass is 10.2. The number of amides is 1. The molecule has 0 saturated heterocycles. The molecule has 0 bridgehead atoms. The molecule has 3 aromatic carbocycles. The third kappa shape index (κ3) is 4.94. The Morgan fingerprint density at radius 2 is 1.80 bits per heavy atom. The average molecular weight is 512 g/mol. The van der Waals surface area contributed by atoms with Gasteiger partial charge >= 0.3 is 0 Å². The summed E-state index contributed by atoms with van der Waals surface area (Å²) in [5.41, 5.74) is 2.49. The van der Waals surface area contributed by atoms with Gasteiger partial charge in [-0.25, -0.2) is 8.42 Å². The quantitative estimate of drug-likeness (QED) is 0.391. The van der Waals surface area contributed by atoms with E-state index in [2.05, 4.69) is 9.71 Å². The highest BCUT2D eigenvalue weighted by Gasteiger charge is 2.17. The van der Waals surface area contributed by atoms with Gasteiger partial charge in [0, 0.05) is 17.8 Å². The number of rotatable bonds is 7. The van der Waals surface area contributed by atoms with E-state index in [1.807, 2.05) is 30.5 Å². The lowest BCUT2D eigenvalue weighted by Gasteiger charge is -2.09. The highest BCUT2D eigenvalue weighted by Crippen LogP contribution is 2.30. The Labute approximate surface area is 207 Å². The molecule has 10 heteroatoms. The van der Waals surface area contributed by atoms with Crippen molar-refractivity contribution in [2.24, 2.45) is 4.99 Å². The Hall–Kier alpha value is -3.63. The van der Waals surface area contributed by atoms with Crippen LogP contribution >= 0.6 is 11.3 Å². The van der Waals surface area contributed by atoms with Gasteiger partial charge < -0.3 is 14.0 Å². The Morgan fingerprint density at radius 3 is 2.46 bits per heavy atom. The van der Waals surface area contributed by atoms with Crippen LogP contribution in [0.2, 0.25) is 0 Å². The number of nitrogens with one attached hydrogen (secondary N) is 1. The highest BCUT2D eigenvalue weighted by atomic mass is 32.2. The van der Waals surface area contributed by atoms with Crippen LogP contribution in [0.1, 0.15) is 22.8 Å². The predicted molar refractivity (Wildman–Crippen MR) is 137 cm³/mol. The molecule has 1 aromatic heterocycles. The summed E-state index contributed by atoms with van der Waals surface area (Å²) in [7, 11) is -0.723. The summed E-state index contributed by atoms with van der Waals surface area (Å²) in [4.78, 5) is 18.1. The van der Waals surface area contributed by atoms with Crippen molar-refractivity contribution in [2.45, 2.75) is 25.3 Å². The number of nitrogens with zero attached hydrogens (tertiary/aromatic N) is 2. The fourth-order valence-electron chi connectivity index (χ4n) is 3.66. The van der Waals surface area contributed by atoms with E-state index >= 15 is 0 Å². The summed E-state index contributed by atoms with van der Waals surface area (Å²) in [5, 5.41) is 0. The monoisotopic (exact) mass is 511 g/mol. The molecule has 4 rings (SSSR count). The third-order valence-corrected chi connectivity index (χ3v) is 8.06. The number of hydrogen-bond donors (Lipinski definition) is 1.